The highest BCUT2D eigenvalue weighted by Gasteiger charge is 2.38. The van der Waals surface area contributed by atoms with E-state index in [9.17, 15) is 17.6 Å². The fourth-order valence-corrected chi connectivity index (χ4v) is 2.72. The summed E-state index contributed by atoms with van der Waals surface area (Å²) in [6.07, 6.45) is -1.21. The molecule has 6 heteroatoms. The minimum absolute atomic E-state index is 0.0835. The third-order valence-electron chi connectivity index (χ3n) is 4.30. The Morgan fingerprint density at radius 2 is 1.86 bits per heavy atom. The SMILES string of the molecule is CN(C)C1(CNCc2cc(F)cc(C(F)(F)F)c2)CCC1. The second kappa shape index (κ2) is 5.93. The van der Waals surface area contributed by atoms with Gasteiger partial charge in [-0.05, 0) is 57.1 Å². The molecule has 0 aliphatic heterocycles. The van der Waals surface area contributed by atoms with Crippen molar-refractivity contribution in [2.75, 3.05) is 20.6 Å². The van der Waals surface area contributed by atoms with Crippen LogP contribution in [0.1, 0.15) is 30.4 Å². The van der Waals surface area contributed by atoms with E-state index >= 15 is 0 Å². The Hall–Kier alpha value is -1.14. The lowest BCUT2D eigenvalue weighted by Crippen LogP contribution is -2.56. The molecule has 0 aromatic heterocycles. The average molecular weight is 304 g/mol. The van der Waals surface area contributed by atoms with Gasteiger partial charge < -0.3 is 10.2 Å². The summed E-state index contributed by atoms with van der Waals surface area (Å²) in [5.41, 5.74) is -0.541. The number of halogens is 4. The first kappa shape index (κ1) is 16.2. The first-order valence-corrected chi connectivity index (χ1v) is 6.98. The maximum absolute atomic E-state index is 13.3. The zero-order chi connectivity index (χ0) is 15.7. The topological polar surface area (TPSA) is 15.3 Å². The molecule has 1 fully saturated rings. The molecule has 0 amide bonds. The molecule has 1 N–H and O–H groups in total. The minimum atomic E-state index is -4.52. The lowest BCUT2D eigenvalue weighted by Gasteiger charge is -2.47. The quantitative estimate of drug-likeness (QED) is 0.839. The van der Waals surface area contributed by atoms with Gasteiger partial charge in [0.1, 0.15) is 5.82 Å². The minimum Gasteiger partial charge on any atom is -0.311 e. The van der Waals surface area contributed by atoms with Gasteiger partial charge in [0.15, 0.2) is 0 Å². The second-order valence-corrected chi connectivity index (χ2v) is 5.92. The van der Waals surface area contributed by atoms with Crippen LogP contribution in [0.4, 0.5) is 17.6 Å². The van der Waals surface area contributed by atoms with E-state index in [0.717, 1.165) is 31.4 Å². The predicted molar refractivity (Wildman–Crippen MR) is 73.4 cm³/mol. The summed E-state index contributed by atoms with van der Waals surface area (Å²) in [4.78, 5) is 2.15. The number of likely N-dealkylation sites (N-methyl/N-ethyl adjacent to an activating group) is 1. The Morgan fingerprint density at radius 1 is 1.19 bits per heavy atom. The summed E-state index contributed by atoms with van der Waals surface area (Å²) in [5.74, 6) is -0.854. The first-order valence-electron chi connectivity index (χ1n) is 6.98. The maximum atomic E-state index is 13.3. The summed E-state index contributed by atoms with van der Waals surface area (Å²) in [7, 11) is 4.01. The molecule has 0 bridgehead atoms. The van der Waals surface area contributed by atoms with Gasteiger partial charge in [-0.3, -0.25) is 0 Å². The van der Waals surface area contributed by atoms with Crippen LogP contribution in [0.3, 0.4) is 0 Å². The zero-order valence-electron chi connectivity index (χ0n) is 12.2. The molecule has 2 nitrogen and oxygen atoms in total. The molecule has 118 valence electrons. The van der Waals surface area contributed by atoms with E-state index in [2.05, 4.69) is 10.2 Å². The summed E-state index contributed by atoms with van der Waals surface area (Å²) in [5, 5.41) is 3.16. The Labute approximate surface area is 122 Å². The van der Waals surface area contributed by atoms with E-state index < -0.39 is 17.6 Å². The second-order valence-electron chi connectivity index (χ2n) is 5.92. The molecule has 1 aliphatic rings. The predicted octanol–water partition coefficient (Wildman–Crippen LogP) is 3.42. The summed E-state index contributed by atoms with van der Waals surface area (Å²) >= 11 is 0. The number of hydrogen-bond acceptors (Lipinski definition) is 2. The normalized spacial score (nSPS) is 17.9. The van der Waals surface area contributed by atoms with Crippen LogP contribution in [0.5, 0.6) is 0 Å². The average Bonchev–Trinajstić information content (AvgIpc) is 2.30. The van der Waals surface area contributed by atoms with Gasteiger partial charge in [-0.1, -0.05) is 0 Å². The van der Waals surface area contributed by atoms with Gasteiger partial charge in [0.2, 0.25) is 0 Å². The van der Waals surface area contributed by atoms with E-state index in [0.29, 0.717) is 18.2 Å². The van der Waals surface area contributed by atoms with E-state index in [1.54, 1.807) is 0 Å². The number of alkyl halides is 3. The van der Waals surface area contributed by atoms with Crippen molar-refractivity contribution in [3.05, 3.63) is 35.1 Å². The Morgan fingerprint density at radius 3 is 2.33 bits per heavy atom. The molecular formula is C15H20F4N2. The molecule has 1 aromatic rings. The monoisotopic (exact) mass is 304 g/mol. The van der Waals surface area contributed by atoms with E-state index in [4.69, 9.17) is 0 Å². The van der Waals surface area contributed by atoms with Crippen LogP contribution in [-0.2, 0) is 12.7 Å². The first-order chi connectivity index (χ1) is 9.73. The van der Waals surface area contributed by atoms with E-state index in [1.807, 2.05) is 14.1 Å². The molecular weight excluding hydrogens is 284 g/mol. The molecule has 1 saturated carbocycles. The molecule has 1 aromatic carbocycles. The van der Waals surface area contributed by atoms with Crippen molar-refractivity contribution in [3.63, 3.8) is 0 Å². The van der Waals surface area contributed by atoms with Gasteiger partial charge >= 0.3 is 6.18 Å². The van der Waals surface area contributed by atoms with Crippen molar-refractivity contribution in [3.8, 4) is 0 Å². The van der Waals surface area contributed by atoms with Crippen LogP contribution in [0.2, 0.25) is 0 Å². The molecule has 21 heavy (non-hydrogen) atoms. The largest absolute Gasteiger partial charge is 0.416 e. The van der Waals surface area contributed by atoms with Crippen molar-refractivity contribution in [1.29, 1.82) is 0 Å². The van der Waals surface area contributed by atoms with Crippen molar-refractivity contribution >= 4 is 0 Å². The van der Waals surface area contributed by atoms with Crippen LogP contribution in [0, 0.1) is 5.82 Å². The van der Waals surface area contributed by atoms with Crippen LogP contribution >= 0.6 is 0 Å². The summed E-state index contributed by atoms with van der Waals surface area (Å²) < 4.78 is 51.2. The molecule has 0 spiro atoms. The fourth-order valence-electron chi connectivity index (χ4n) is 2.72. The number of hydrogen-bond donors (Lipinski definition) is 1. The number of nitrogens with one attached hydrogen (secondary N) is 1. The van der Waals surface area contributed by atoms with Gasteiger partial charge in [0.25, 0.3) is 0 Å². The highest BCUT2D eigenvalue weighted by atomic mass is 19.4. The van der Waals surface area contributed by atoms with Crippen LogP contribution < -0.4 is 5.32 Å². The van der Waals surface area contributed by atoms with Gasteiger partial charge in [-0.25, -0.2) is 4.39 Å². The highest BCUT2D eigenvalue weighted by molar-refractivity contribution is 5.26. The summed E-state index contributed by atoms with van der Waals surface area (Å²) in [6.45, 7) is 0.925. The third kappa shape index (κ3) is 3.74. The highest BCUT2D eigenvalue weighted by Crippen LogP contribution is 2.35. The van der Waals surface area contributed by atoms with Crippen molar-refractivity contribution in [2.24, 2.45) is 0 Å². The van der Waals surface area contributed by atoms with E-state index in [1.165, 1.54) is 0 Å². The smallest absolute Gasteiger partial charge is 0.311 e. The van der Waals surface area contributed by atoms with Gasteiger partial charge in [0, 0.05) is 18.6 Å². The molecule has 2 rings (SSSR count). The lowest BCUT2D eigenvalue weighted by atomic mass is 9.75. The number of rotatable bonds is 5. The standard InChI is InChI=1S/C15H20F4N2/c1-21(2)14(4-3-5-14)10-20-9-11-6-12(15(17,18)19)8-13(16)7-11/h6-8,20H,3-5,9-10H2,1-2H3. The number of nitrogens with zero attached hydrogens (tertiary/aromatic N) is 1. The van der Waals surface area contributed by atoms with Crippen molar-refractivity contribution in [1.82, 2.24) is 10.2 Å². The third-order valence-corrected chi connectivity index (χ3v) is 4.30. The van der Waals surface area contributed by atoms with E-state index in [-0.39, 0.29) is 12.1 Å². The lowest BCUT2D eigenvalue weighted by molar-refractivity contribution is -0.137. The molecule has 0 radical (unpaired) electrons. The Balaban J connectivity index is 1.99. The molecule has 0 heterocycles. The Bertz CT molecular complexity index is 493. The van der Waals surface area contributed by atoms with Crippen molar-refractivity contribution in [2.45, 2.75) is 37.5 Å². The van der Waals surface area contributed by atoms with Gasteiger partial charge in [-0.2, -0.15) is 13.2 Å². The molecule has 0 atom stereocenters. The maximum Gasteiger partial charge on any atom is 0.416 e. The van der Waals surface area contributed by atoms with Crippen molar-refractivity contribution < 1.29 is 17.6 Å². The van der Waals surface area contributed by atoms with Gasteiger partial charge in [0.05, 0.1) is 5.56 Å². The molecule has 1 aliphatic carbocycles. The molecule has 0 unspecified atom stereocenters. The van der Waals surface area contributed by atoms with Crippen LogP contribution in [0.15, 0.2) is 18.2 Å². The fraction of sp³-hybridized carbons (Fsp3) is 0.600. The number of benzene rings is 1. The van der Waals surface area contributed by atoms with Crippen LogP contribution in [0.25, 0.3) is 0 Å². The van der Waals surface area contributed by atoms with Gasteiger partial charge in [-0.15, -0.1) is 0 Å². The Kier molecular flexibility index (Phi) is 4.58. The van der Waals surface area contributed by atoms with Crippen LogP contribution in [-0.4, -0.2) is 31.1 Å². The molecule has 0 saturated heterocycles. The summed E-state index contributed by atoms with van der Waals surface area (Å²) in [6, 6.07) is 2.67. The zero-order valence-corrected chi connectivity index (χ0v) is 12.2.